The van der Waals surface area contributed by atoms with E-state index in [1.54, 1.807) is 7.05 Å². The van der Waals surface area contributed by atoms with Crippen molar-refractivity contribution >= 4 is 11.4 Å². The van der Waals surface area contributed by atoms with Gasteiger partial charge in [0, 0.05) is 18.2 Å². The van der Waals surface area contributed by atoms with E-state index in [0.29, 0.717) is 11.4 Å². The van der Waals surface area contributed by atoms with Crippen LogP contribution in [-0.4, -0.2) is 7.05 Å². The third kappa shape index (κ3) is 5.40. The quantitative estimate of drug-likeness (QED) is 0.435. The smallest absolute Gasteiger partial charge is 0.0864 e. The van der Waals surface area contributed by atoms with E-state index in [9.17, 15) is 0 Å². The number of hydrogen-bond acceptors (Lipinski definition) is 4. The summed E-state index contributed by atoms with van der Waals surface area (Å²) in [5, 5.41) is 16.1. The summed E-state index contributed by atoms with van der Waals surface area (Å²) in [4.78, 5) is 0. The van der Waals surface area contributed by atoms with Gasteiger partial charge in [-0.25, -0.2) is 0 Å². The van der Waals surface area contributed by atoms with Crippen molar-refractivity contribution in [3.05, 3.63) is 72.5 Å². The fraction of sp³-hybridized carbons (Fsp3) is 0.222. The average Bonchev–Trinajstić information content (AvgIpc) is 2.53. The van der Waals surface area contributed by atoms with Crippen LogP contribution >= 0.6 is 0 Å². The maximum Gasteiger partial charge on any atom is 0.0864 e. The maximum atomic E-state index is 4.19. The molecule has 0 amide bonds. The normalized spacial score (nSPS) is 12.6. The van der Waals surface area contributed by atoms with Crippen LogP contribution in [0, 0.1) is 0 Å². The molecular formula is C18H22N4. The van der Waals surface area contributed by atoms with Crippen molar-refractivity contribution in [2.75, 3.05) is 7.05 Å². The molecule has 114 valence electrons. The standard InChI is InChI=1S/C18H22N4/c1-6-7-8-11-14(2)20-22-16(4)18-13-10-9-12-17(18)15(3)21-19-5/h7-13H,3-4,6H2,1-2,5H3/b8-7-,14-11+,21-19+,22-20+. The topological polar surface area (TPSA) is 49.4 Å². The lowest BCUT2D eigenvalue weighted by atomic mass is 10.0. The zero-order chi connectivity index (χ0) is 16.4. The third-order valence-corrected chi connectivity index (χ3v) is 2.81. The highest BCUT2D eigenvalue weighted by Gasteiger charge is 2.07. The number of allylic oxidation sites excluding steroid dienone is 4. The molecule has 0 aromatic heterocycles. The third-order valence-electron chi connectivity index (χ3n) is 2.81. The highest BCUT2D eigenvalue weighted by atomic mass is 15.1. The molecule has 0 saturated heterocycles. The minimum absolute atomic E-state index is 0.565. The van der Waals surface area contributed by atoms with Crippen LogP contribution in [0.5, 0.6) is 0 Å². The molecule has 0 radical (unpaired) electrons. The summed E-state index contributed by atoms with van der Waals surface area (Å²) in [6, 6.07) is 7.67. The van der Waals surface area contributed by atoms with Gasteiger partial charge in [-0.15, -0.1) is 0 Å². The molecule has 0 aliphatic heterocycles. The predicted octanol–water partition coefficient (Wildman–Crippen LogP) is 6.03. The Labute approximate surface area is 132 Å². The monoisotopic (exact) mass is 294 g/mol. The molecule has 0 aliphatic rings. The molecular weight excluding hydrogens is 272 g/mol. The van der Waals surface area contributed by atoms with Crippen molar-refractivity contribution in [1.29, 1.82) is 0 Å². The average molecular weight is 294 g/mol. The molecule has 0 heterocycles. The van der Waals surface area contributed by atoms with E-state index >= 15 is 0 Å². The van der Waals surface area contributed by atoms with Gasteiger partial charge in [0.05, 0.1) is 17.1 Å². The summed E-state index contributed by atoms with van der Waals surface area (Å²) in [6.45, 7) is 11.9. The van der Waals surface area contributed by atoms with Crippen LogP contribution in [0.25, 0.3) is 11.4 Å². The molecule has 0 bridgehead atoms. The van der Waals surface area contributed by atoms with E-state index in [4.69, 9.17) is 0 Å². The summed E-state index contributed by atoms with van der Waals surface area (Å²) >= 11 is 0. The highest BCUT2D eigenvalue weighted by molar-refractivity contribution is 5.76. The van der Waals surface area contributed by atoms with Gasteiger partial charge in [-0.3, -0.25) is 0 Å². The Bertz CT molecular complexity index is 649. The first-order chi connectivity index (χ1) is 10.6. The van der Waals surface area contributed by atoms with Crippen LogP contribution in [0.2, 0.25) is 0 Å². The highest BCUT2D eigenvalue weighted by Crippen LogP contribution is 2.25. The van der Waals surface area contributed by atoms with Gasteiger partial charge < -0.3 is 0 Å². The van der Waals surface area contributed by atoms with Gasteiger partial charge in [0.25, 0.3) is 0 Å². The Morgan fingerprint density at radius 1 is 1.05 bits per heavy atom. The molecule has 0 atom stereocenters. The summed E-state index contributed by atoms with van der Waals surface area (Å²) in [5.41, 5.74) is 3.66. The van der Waals surface area contributed by atoms with Gasteiger partial charge in [-0.1, -0.05) is 56.5 Å². The minimum atomic E-state index is 0.565. The van der Waals surface area contributed by atoms with Crippen molar-refractivity contribution in [1.82, 2.24) is 0 Å². The zero-order valence-corrected chi connectivity index (χ0v) is 13.5. The van der Waals surface area contributed by atoms with Crippen LogP contribution in [0.4, 0.5) is 0 Å². The predicted molar refractivity (Wildman–Crippen MR) is 93.3 cm³/mol. The first-order valence-electron chi connectivity index (χ1n) is 7.12. The van der Waals surface area contributed by atoms with Gasteiger partial charge >= 0.3 is 0 Å². The molecule has 0 unspecified atom stereocenters. The second kappa shape index (κ2) is 9.34. The fourth-order valence-electron chi connectivity index (χ4n) is 1.73. The van der Waals surface area contributed by atoms with Crippen molar-refractivity contribution in [2.24, 2.45) is 20.5 Å². The number of benzene rings is 1. The second-order valence-electron chi connectivity index (χ2n) is 4.58. The first-order valence-corrected chi connectivity index (χ1v) is 7.12. The Morgan fingerprint density at radius 3 is 2.18 bits per heavy atom. The molecule has 1 aromatic rings. The zero-order valence-electron chi connectivity index (χ0n) is 13.5. The van der Waals surface area contributed by atoms with Gasteiger partial charge in [-0.05, 0) is 19.4 Å². The molecule has 0 fully saturated rings. The minimum Gasteiger partial charge on any atom is -0.192 e. The van der Waals surface area contributed by atoms with Crippen LogP contribution in [-0.2, 0) is 0 Å². The van der Waals surface area contributed by atoms with Crippen molar-refractivity contribution < 1.29 is 0 Å². The van der Waals surface area contributed by atoms with Crippen LogP contribution in [0.1, 0.15) is 31.4 Å². The molecule has 0 N–H and O–H groups in total. The molecule has 1 aromatic carbocycles. The Kier molecular flexibility index (Phi) is 7.40. The summed E-state index contributed by atoms with van der Waals surface area (Å²) in [7, 11) is 1.61. The van der Waals surface area contributed by atoms with Crippen molar-refractivity contribution in [3.8, 4) is 0 Å². The Morgan fingerprint density at radius 2 is 1.64 bits per heavy atom. The summed E-state index contributed by atoms with van der Waals surface area (Å²) < 4.78 is 0. The molecule has 1 rings (SSSR count). The van der Waals surface area contributed by atoms with Crippen LogP contribution < -0.4 is 0 Å². The number of rotatable bonds is 7. The van der Waals surface area contributed by atoms with Gasteiger partial charge in [-0.2, -0.15) is 20.5 Å². The SMILES string of the molecule is C=C(/N=N/C)c1ccccc1C(=C)/N=N/C(C)=C/C=C\CC. The van der Waals surface area contributed by atoms with Gasteiger partial charge in [0.2, 0.25) is 0 Å². The molecule has 22 heavy (non-hydrogen) atoms. The van der Waals surface area contributed by atoms with Crippen molar-refractivity contribution in [3.63, 3.8) is 0 Å². The van der Waals surface area contributed by atoms with E-state index < -0.39 is 0 Å². The lowest BCUT2D eigenvalue weighted by Gasteiger charge is -2.07. The molecule has 4 heteroatoms. The van der Waals surface area contributed by atoms with E-state index in [0.717, 1.165) is 23.2 Å². The number of hydrogen-bond donors (Lipinski definition) is 0. The van der Waals surface area contributed by atoms with Crippen LogP contribution in [0.3, 0.4) is 0 Å². The largest absolute Gasteiger partial charge is 0.192 e. The second-order valence-corrected chi connectivity index (χ2v) is 4.58. The van der Waals surface area contributed by atoms with E-state index in [-0.39, 0.29) is 0 Å². The fourth-order valence-corrected chi connectivity index (χ4v) is 1.73. The van der Waals surface area contributed by atoms with Gasteiger partial charge in [0.15, 0.2) is 0 Å². The Balaban J connectivity index is 2.97. The molecule has 0 spiro atoms. The molecule has 0 saturated carbocycles. The maximum absolute atomic E-state index is 4.19. The van der Waals surface area contributed by atoms with E-state index in [1.807, 2.05) is 43.3 Å². The van der Waals surface area contributed by atoms with E-state index in [2.05, 4.69) is 46.6 Å². The summed E-state index contributed by atoms with van der Waals surface area (Å²) in [6.07, 6.45) is 6.93. The van der Waals surface area contributed by atoms with Crippen LogP contribution in [0.15, 0.2) is 81.8 Å². The summed E-state index contributed by atoms with van der Waals surface area (Å²) in [5.74, 6) is 0. The molecule has 0 aliphatic carbocycles. The number of azo groups is 2. The lowest BCUT2D eigenvalue weighted by Crippen LogP contribution is -1.88. The first kappa shape index (κ1) is 17.4. The lowest BCUT2D eigenvalue weighted by molar-refractivity contribution is 1.13. The van der Waals surface area contributed by atoms with E-state index in [1.165, 1.54) is 0 Å². The Hall–Kier alpha value is -2.62. The molecule has 4 nitrogen and oxygen atoms in total. The number of nitrogens with zero attached hydrogens (tertiary/aromatic N) is 4. The van der Waals surface area contributed by atoms with Crippen molar-refractivity contribution in [2.45, 2.75) is 20.3 Å². The van der Waals surface area contributed by atoms with Gasteiger partial charge in [0.1, 0.15) is 0 Å².